The lowest BCUT2D eigenvalue weighted by Crippen LogP contribution is -2.01. The van der Waals surface area contributed by atoms with Crippen LogP contribution >= 0.6 is 7.82 Å². The van der Waals surface area contributed by atoms with Crippen LogP contribution in [0.3, 0.4) is 0 Å². The molecule has 0 aliphatic rings. The Morgan fingerprint density at radius 1 is 0.462 bits per heavy atom. The molecule has 0 aromatic rings. The largest absolute Gasteiger partial charge is 0.466 e. The molecule has 0 heterocycles. The molecule has 3 N–H and O–H groups in total. The lowest BCUT2D eigenvalue weighted by molar-refractivity contribution is 0.0865. The predicted octanol–water partition coefficient (Wildman–Crippen LogP) is 10.4. The van der Waals surface area contributed by atoms with E-state index in [1.54, 1.807) is 0 Å². The van der Waals surface area contributed by atoms with Gasteiger partial charge in [-0.05, 0) is 12.8 Å². The lowest BCUT2D eigenvalue weighted by atomic mass is 10.0. The zero-order chi connectivity index (χ0) is 29.1. The van der Waals surface area contributed by atoms with Crippen molar-refractivity contribution in [3.63, 3.8) is 0 Å². The topological polar surface area (TPSA) is 96.2 Å². The summed E-state index contributed by atoms with van der Waals surface area (Å²) in [7, 11) is -4.64. The average molecular weight is 580 g/mol. The fourth-order valence-corrected chi connectivity index (χ4v) is 4.69. The number of hydrogen-bond donors (Lipinski definition) is 3. The fourth-order valence-electron chi connectivity index (χ4n) is 4.69. The van der Waals surface area contributed by atoms with Crippen molar-refractivity contribution in [2.24, 2.45) is 0 Å². The molecule has 39 heavy (non-hydrogen) atoms. The second kappa shape index (κ2) is 36.1. The summed E-state index contributed by atoms with van der Waals surface area (Å²) >= 11 is 0. The van der Waals surface area contributed by atoms with Crippen molar-refractivity contribution in [1.82, 2.24) is 0 Å². The molecule has 0 unspecified atom stereocenters. The monoisotopic (exact) mass is 579 g/mol. The van der Waals surface area contributed by atoms with Crippen molar-refractivity contribution in [3.8, 4) is 0 Å². The van der Waals surface area contributed by atoms with Crippen LogP contribution in [0, 0.1) is 6.61 Å². The number of ether oxygens (including phenoxy) is 2. The number of unbranched alkanes of at least 4 members (excludes halogenated alkanes) is 24. The highest BCUT2D eigenvalue weighted by Crippen LogP contribution is 2.25. The predicted molar refractivity (Wildman–Crippen MR) is 167 cm³/mol. The van der Waals surface area contributed by atoms with Gasteiger partial charge in [-0.25, -0.2) is 4.57 Å². The maximum absolute atomic E-state index is 8.88. The van der Waals surface area contributed by atoms with Gasteiger partial charge in [0.1, 0.15) is 6.61 Å². The molecular formula is C32H68O6P. The minimum absolute atomic E-state index is 0.649. The first-order chi connectivity index (χ1) is 18.9. The van der Waals surface area contributed by atoms with Gasteiger partial charge >= 0.3 is 7.82 Å². The third-order valence-corrected chi connectivity index (χ3v) is 7.06. The SMILES string of the molecule is CCCCCCCCCCCCCCCCCCO[CH]COCCCCCCCCCCCC.O=P(O)(O)O. The van der Waals surface area contributed by atoms with Crippen molar-refractivity contribution in [2.45, 2.75) is 181 Å². The maximum atomic E-state index is 8.88. The summed E-state index contributed by atoms with van der Waals surface area (Å²) in [6, 6.07) is 0. The Hall–Kier alpha value is 0.0300. The Balaban J connectivity index is 0. The first-order valence-corrected chi connectivity index (χ1v) is 18.3. The van der Waals surface area contributed by atoms with E-state index < -0.39 is 7.82 Å². The summed E-state index contributed by atoms with van der Waals surface area (Å²) < 4.78 is 20.1. The Morgan fingerprint density at radius 2 is 0.718 bits per heavy atom. The summed E-state index contributed by atoms with van der Waals surface area (Å²) in [5.74, 6) is 0. The van der Waals surface area contributed by atoms with Crippen molar-refractivity contribution < 1.29 is 28.7 Å². The van der Waals surface area contributed by atoms with Crippen LogP contribution in [0.4, 0.5) is 0 Å². The van der Waals surface area contributed by atoms with E-state index in [4.69, 9.17) is 28.7 Å². The van der Waals surface area contributed by atoms with Crippen LogP contribution in [0.15, 0.2) is 0 Å². The van der Waals surface area contributed by atoms with Crippen molar-refractivity contribution in [3.05, 3.63) is 6.61 Å². The molecule has 0 fully saturated rings. The molecule has 1 radical (unpaired) electrons. The highest BCUT2D eigenvalue weighted by atomic mass is 31.2. The minimum Gasteiger partial charge on any atom is -0.379 e. The van der Waals surface area contributed by atoms with Gasteiger partial charge in [0.2, 0.25) is 0 Å². The molecule has 0 spiro atoms. The first-order valence-electron chi connectivity index (χ1n) is 16.7. The van der Waals surface area contributed by atoms with Crippen molar-refractivity contribution in [2.75, 3.05) is 19.8 Å². The molecule has 237 valence electrons. The molecule has 0 aliphatic carbocycles. The van der Waals surface area contributed by atoms with Gasteiger partial charge in [-0.3, -0.25) is 0 Å². The normalized spacial score (nSPS) is 11.5. The summed E-state index contributed by atoms with van der Waals surface area (Å²) in [5, 5.41) is 0. The Bertz CT molecular complexity index is 431. The summed E-state index contributed by atoms with van der Waals surface area (Å²) in [5.41, 5.74) is 0. The van der Waals surface area contributed by atoms with Gasteiger partial charge in [0, 0.05) is 13.2 Å². The van der Waals surface area contributed by atoms with E-state index in [9.17, 15) is 0 Å². The lowest BCUT2D eigenvalue weighted by Gasteiger charge is -2.06. The molecule has 0 aliphatic heterocycles. The smallest absolute Gasteiger partial charge is 0.379 e. The molecule has 0 saturated heterocycles. The number of rotatable bonds is 31. The fraction of sp³-hybridized carbons (Fsp3) is 0.969. The van der Waals surface area contributed by atoms with E-state index >= 15 is 0 Å². The molecule has 0 rings (SSSR count). The molecular weight excluding hydrogens is 511 g/mol. The second-order valence-corrected chi connectivity index (χ2v) is 12.1. The van der Waals surface area contributed by atoms with Crippen LogP contribution in [-0.2, 0) is 14.0 Å². The van der Waals surface area contributed by atoms with Crippen molar-refractivity contribution >= 4 is 7.82 Å². The van der Waals surface area contributed by atoms with Crippen LogP contribution in [0.1, 0.15) is 181 Å². The van der Waals surface area contributed by atoms with E-state index in [1.807, 2.05) is 6.61 Å². The molecule has 0 atom stereocenters. The highest BCUT2D eigenvalue weighted by molar-refractivity contribution is 7.45. The minimum atomic E-state index is -4.64. The standard InChI is InChI=1S/C32H65O2.H3O4P/c1-3-5-7-9-11-13-15-16-17-18-19-20-22-24-26-28-30-34-32-31-33-29-27-25-23-21-14-12-10-8-6-4-2;1-5(2,3)4/h32H,3-31H2,1-2H3;(H3,1,2,3,4). The van der Waals surface area contributed by atoms with Gasteiger partial charge in [0.25, 0.3) is 0 Å². The van der Waals surface area contributed by atoms with Gasteiger partial charge in [0.05, 0.1) is 6.61 Å². The van der Waals surface area contributed by atoms with Crippen LogP contribution in [0.2, 0.25) is 0 Å². The molecule has 0 aromatic heterocycles. The second-order valence-electron chi connectivity index (χ2n) is 11.1. The first kappa shape index (κ1) is 41.2. The number of hydrogen-bond acceptors (Lipinski definition) is 3. The van der Waals surface area contributed by atoms with Crippen LogP contribution < -0.4 is 0 Å². The zero-order valence-electron chi connectivity index (χ0n) is 26.1. The molecule has 0 bridgehead atoms. The van der Waals surface area contributed by atoms with E-state index in [1.165, 1.54) is 167 Å². The van der Waals surface area contributed by atoms with Gasteiger partial charge in [0.15, 0.2) is 0 Å². The van der Waals surface area contributed by atoms with Gasteiger partial charge in [-0.2, -0.15) is 0 Å². The molecule has 0 amide bonds. The Labute approximate surface area is 243 Å². The Kier molecular flexibility index (Phi) is 38.1. The van der Waals surface area contributed by atoms with Gasteiger partial charge < -0.3 is 24.2 Å². The van der Waals surface area contributed by atoms with Crippen LogP contribution in [0.5, 0.6) is 0 Å². The summed E-state index contributed by atoms with van der Waals surface area (Å²) in [4.78, 5) is 21.6. The van der Waals surface area contributed by atoms with Gasteiger partial charge in [-0.1, -0.05) is 168 Å². The third kappa shape index (κ3) is 51.3. The molecule has 7 heteroatoms. The quantitative estimate of drug-likeness (QED) is 0.0558. The van der Waals surface area contributed by atoms with E-state index in [-0.39, 0.29) is 0 Å². The summed E-state index contributed by atoms with van der Waals surface area (Å²) in [6.45, 7) is 8.84. The maximum Gasteiger partial charge on any atom is 0.466 e. The molecule has 0 saturated carbocycles. The van der Waals surface area contributed by atoms with E-state index in [0.29, 0.717) is 6.61 Å². The van der Waals surface area contributed by atoms with E-state index in [0.717, 1.165) is 13.2 Å². The third-order valence-electron chi connectivity index (χ3n) is 7.06. The highest BCUT2D eigenvalue weighted by Gasteiger charge is 2.00. The van der Waals surface area contributed by atoms with Gasteiger partial charge in [-0.15, -0.1) is 0 Å². The zero-order valence-corrected chi connectivity index (χ0v) is 27.0. The van der Waals surface area contributed by atoms with Crippen LogP contribution in [0.25, 0.3) is 0 Å². The van der Waals surface area contributed by atoms with Crippen molar-refractivity contribution in [1.29, 1.82) is 0 Å². The molecule has 0 aromatic carbocycles. The summed E-state index contributed by atoms with van der Waals surface area (Å²) in [6.07, 6.45) is 36.4. The molecule has 6 nitrogen and oxygen atoms in total. The van der Waals surface area contributed by atoms with Crippen LogP contribution in [-0.4, -0.2) is 34.5 Å². The number of phosphoric acid groups is 1. The van der Waals surface area contributed by atoms with E-state index in [2.05, 4.69) is 13.8 Å². The Morgan fingerprint density at radius 3 is 1.03 bits per heavy atom. The average Bonchev–Trinajstić information content (AvgIpc) is 2.89.